The number of anilines is 1. The van der Waals surface area contributed by atoms with Gasteiger partial charge in [0.2, 0.25) is 0 Å². The van der Waals surface area contributed by atoms with E-state index in [1.807, 2.05) is 56.3 Å². The number of fused-ring (bicyclic) bond motifs is 3. The lowest BCUT2D eigenvalue weighted by Crippen LogP contribution is -2.63. The van der Waals surface area contributed by atoms with Crippen molar-refractivity contribution in [2.75, 3.05) is 18.6 Å². The monoisotopic (exact) mass is 537 g/mol. The van der Waals surface area contributed by atoms with Crippen LogP contribution in [-0.4, -0.2) is 53.2 Å². The molecule has 1 amide bonds. The van der Waals surface area contributed by atoms with Gasteiger partial charge < -0.3 is 19.7 Å². The highest BCUT2D eigenvalue weighted by atomic mass is 16.6. The highest BCUT2D eigenvalue weighted by Crippen LogP contribution is 2.72. The third-order valence-corrected chi connectivity index (χ3v) is 10.4. The Bertz CT molecular complexity index is 1230. The first kappa shape index (κ1) is 28.1. The average Bonchev–Trinajstić information content (AvgIpc) is 3.36. The van der Waals surface area contributed by atoms with Crippen molar-refractivity contribution in [2.24, 2.45) is 40.4 Å². The third kappa shape index (κ3) is 4.03. The van der Waals surface area contributed by atoms with Gasteiger partial charge in [0.1, 0.15) is 5.60 Å². The number of hydrogen-bond donors (Lipinski definition) is 2. The number of ketones is 1. The zero-order valence-corrected chi connectivity index (χ0v) is 24.4. The molecule has 2 saturated carbocycles. The normalized spacial score (nSPS) is 38.5. The number of Topliss-reactive ketones (excluding diaryl/α,β-unsaturated/α-hetero) is 1. The molecule has 0 heterocycles. The second kappa shape index (κ2) is 9.02. The van der Waals surface area contributed by atoms with E-state index in [-0.39, 0.29) is 29.6 Å². The summed E-state index contributed by atoms with van der Waals surface area (Å²) in [5.41, 5.74) is -0.826. The molecule has 2 bridgehead atoms. The Morgan fingerprint density at radius 1 is 1.18 bits per heavy atom. The molecular formula is C32H43NO6. The first-order chi connectivity index (χ1) is 18.1. The summed E-state index contributed by atoms with van der Waals surface area (Å²) < 4.78 is 11.9. The molecule has 7 nitrogen and oxygen atoms in total. The Labute approximate surface area is 231 Å². The van der Waals surface area contributed by atoms with Crippen LogP contribution in [0, 0.1) is 40.4 Å². The molecule has 1 aromatic rings. The highest BCUT2D eigenvalue weighted by Gasteiger charge is 2.75. The van der Waals surface area contributed by atoms with Gasteiger partial charge in [0.15, 0.2) is 17.7 Å². The maximum absolute atomic E-state index is 14.7. The van der Waals surface area contributed by atoms with E-state index in [0.717, 1.165) is 12.0 Å². The lowest BCUT2D eigenvalue weighted by atomic mass is 9.57. The van der Waals surface area contributed by atoms with Gasteiger partial charge in [0.25, 0.3) is 0 Å². The maximum atomic E-state index is 14.7. The van der Waals surface area contributed by atoms with Gasteiger partial charge in [-0.3, -0.25) is 9.69 Å². The Balaban J connectivity index is 1.60. The van der Waals surface area contributed by atoms with E-state index in [4.69, 9.17) is 9.47 Å². The van der Waals surface area contributed by atoms with E-state index in [2.05, 4.69) is 20.8 Å². The van der Waals surface area contributed by atoms with Gasteiger partial charge in [0.05, 0.1) is 12.0 Å². The molecule has 39 heavy (non-hydrogen) atoms. The molecular weight excluding hydrogens is 494 g/mol. The van der Waals surface area contributed by atoms with Crippen molar-refractivity contribution < 1.29 is 29.3 Å². The van der Waals surface area contributed by atoms with Gasteiger partial charge in [-0.1, -0.05) is 58.0 Å². The molecule has 4 aliphatic carbocycles. The van der Waals surface area contributed by atoms with Crippen LogP contribution >= 0.6 is 0 Å². The van der Waals surface area contributed by atoms with Crippen molar-refractivity contribution in [1.82, 2.24) is 0 Å². The molecule has 0 aliphatic heterocycles. The molecule has 212 valence electrons. The summed E-state index contributed by atoms with van der Waals surface area (Å²) in [7, 11) is 1.63. The van der Waals surface area contributed by atoms with Crippen molar-refractivity contribution in [3.8, 4) is 0 Å². The Morgan fingerprint density at radius 3 is 2.44 bits per heavy atom. The van der Waals surface area contributed by atoms with Crippen LogP contribution in [-0.2, 0) is 14.3 Å². The molecule has 0 unspecified atom stereocenters. The fourth-order valence-corrected chi connectivity index (χ4v) is 8.09. The average molecular weight is 538 g/mol. The van der Waals surface area contributed by atoms with Crippen LogP contribution in [0.4, 0.5) is 10.5 Å². The Morgan fingerprint density at radius 2 is 1.82 bits per heavy atom. The van der Waals surface area contributed by atoms with Crippen LogP contribution in [0.3, 0.4) is 0 Å². The number of para-hydroxylation sites is 1. The SMILES string of the molecule is CC1=C[C@]23C(=O)[C@@H](C=C(COC(C)(C)O)[C@@H](C)[C@]2(O)[C@H]1OC(=O)N(C)c1ccccc1)[C@H]1[C@@H](C[C@H]3C)C1(C)C. The number of ether oxygens (including phenoxy) is 2. The second-order valence-electron chi connectivity index (χ2n) is 13.4. The fraction of sp³-hybridized carbons (Fsp3) is 0.625. The minimum atomic E-state index is -1.72. The summed E-state index contributed by atoms with van der Waals surface area (Å²) in [4.78, 5) is 29.6. The van der Waals surface area contributed by atoms with Crippen LogP contribution in [0.2, 0.25) is 0 Å². The topological polar surface area (TPSA) is 96.3 Å². The quantitative estimate of drug-likeness (QED) is 0.400. The first-order valence-electron chi connectivity index (χ1n) is 14.1. The molecule has 1 aromatic carbocycles. The molecule has 7 heteroatoms. The predicted molar refractivity (Wildman–Crippen MR) is 149 cm³/mol. The largest absolute Gasteiger partial charge is 0.438 e. The van der Waals surface area contributed by atoms with Gasteiger partial charge in [-0.2, -0.15) is 0 Å². The molecule has 0 radical (unpaired) electrons. The summed E-state index contributed by atoms with van der Waals surface area (Å²) >= 11 is 0. The number of nitrogens with zero attached hydrogens (tertiary/aromatic N) is 1. The molecule has 5 rings (SSSR count). The van der Waals surface area contributed by atoms with Gasteiger partial charge in [-0.25, -0.2) is 4.79 Å². The maximum Gasteiger partial charge on any atom is 0.414 e. The number of hydrogen-bond acceptors (Lipinski definition) is 6. The third-order valence-electron chi connectivity index (χ3n) is 10.4. The van der Waals surface area contributed by atoms with Gasteiger partial charge in [-0.05, 0) is 73.6 Å². The standard InChI is InChI=1S/C32H43NO6/c1-18-16-31-19(2)14-24-25(29(24,4)5)23(26(31)34)15-21(17-38-30(6,7)36)20(3)32(31,37)27(18)39-28(35)33(8)22-12-10-9-11-13-22/h9-13,15-16,19-20,23-25,27,36-37H,14,17H2,1-8H3/t19-,20-,23+,24-,25+,27+,31+,32+/m1/s1. The first-order valence-corrected chi connectivity index (χ1v) is 14.1. The van der Waals surface area contributed by atoms with E-state index < -0.39 is 40.8 Å². The second-order valence-corrected chi connectivity index (χ2v) is 13.4. The molecule has 0 saturated heterocycles. The molecule has 2 N–H and O–H groups in total. The molecule has 4 aliphatic rings. The fourth-order valence-electron chi connectivity index (χ4n) is 8.09. The zero-order valence-electron chi connectivity index (χ0n) is 24.4. The van der Waals surface area contributed by atoms with Crippen molar-refractivity contribution in [3.05, 3.63) is 53.6 Å². The lowest BCUT2D eigenvalue weighted by Gasteiger charge is -2.50. The van der Waals surface area contributed by atoms with Crippen LogP contribution in [0.5, 0.6) is 0 Å². The zero-order chi connectivity index (χ0) is 28.7. The van der Waals surface area contributed by atoms with E-state index >= 15 is 0 Å². The van der Waals surface area contributed by atoms with E-state index in [9.17, 15) is 19.8 Å². The number of rotatable bonds is 5. The molecule has 8 atom stereocenters. The summed E-state index contributed by atoms with van der Waals surface area (Å²) in [6, 6.07) is 9.18. The van der Waals surface area contributed by atoms with E-state index in [1.54, 1.807) is 20.9 Å². The Kier molecular flexibility index (Phi) is 6.49. The van der Waals surface area contributed by atoms with Gasteiger partial charge >= 0.3 is 6.09 Å². The Hall–Kier alpha value is -2.48. The minimum Gasteiger partial charge on any atom is -0.438 e. The number of amides is 1. The van der Waals surface area contributed by atoms with E-state index in [0.29, 0.717) is 17.2 Å². The molecule has 2 fully saturated rings. The number of allylic oxidation sites excluding steroid dienone is 1. The number of carbonyl (C=O) groups excluding carboxylic acids is 2. The minimum absolute atomic E-state index is 0.00463. The lowest BCUT2D eigenvalue weighted by molar-refractivity contribution is -0.183. The summed E-state index contributed by atoms with van der Waals surface area (Å²) in [6.07, 6.45) is 3.10. The van der Waals surface area contributed by atoms with Crippen LogP contribution < -0.4 is 4.90 Å². The molecule has 0 aromatic heterocycles. The van der Waals surface area contributed by atoms with Gasteiger partial charge in [-0.15, -0.1) is 0 Å². The highest BCUT2D eigenvalue weighted by molar-refractivity contribution is 5.95. The van der Waals surface area contributed by atoms with Crippen molar-refractivity contribution >= 4 is 17.6 Å². The van der Waals surface area contributed by atoms with Crippen LogP contribution in [0.1, 0.15) is 54.9 Å². The number of carbonyl (C=O) groups is 2. The number of aliphatic hydroxyl groups is 2. The summed E-state index contributed by atoms with van der Waals surface area (Å²) in [5.74, 6) is -2.00. The van der Waals surface area contributed by atoms with E-state index in [1.165, 1.54) is 4.90 Å². The van der Waals surface area contributed by atoms with Crippen molar-refractivity contribution in [2.45, 2.75) is 72.4 Å². The summed E-state index contributed by atoms with van der Waals surface area (Å²) in [6.45, 7) is 13.4. The van der Waals surface area contributed by atoms with Crippen LogP contribution in [0.15, 0.2) is 53.6 Å². The van der Waals surface area contributed by atoms with Crippen LogP contribution in [0.25, 0.3) is 0 Å². The van der Waals surface area contributed by atoms with Gasteiger partial charge in [0, 0.05) is 24.6 Å². The molecule has 1 spiro atoms. The summed E-state index contributed by atoms with van der Waals surface area (Å²) in [5, 5.41) is 23.3. The van der Waals surface area contributed by atoms with Crippen molar-refractivity contribution in [1.29, 1.82) is 0 Å². The van der Waals surface area contributed by atoms with Crippen molar-refractivity contribution in [3.63, 3.8) is 0 Å². The smallest absolute Gasteiger partial charge is 0.414 e. The number of benzene rings is 1. The predicted octanol–water partition coefficient (Wildman–Crippen LogP) is 5.12.